The summed E-state index contributed by atoms with van der Waals surface area (Å²) in [5, 5.41) is 16.6. The van der Waals surface area contributed by atoms with Crippen molar-refractivity contribution in [3.63, 3.8) is 0 Å². The molecule has 27 heavy (non-hydrogen) atoms. The number of nitrogens with zero attached hydrogens (tertiary/aromatic N) is 2. The Kier molecular flexibility index (Phi) is 5.54. The van der Waals surface area contributed by atoms with E-state index in [2.05, 4.69) is 20.6 Å². The third-order valence-corrected chi connectivity index (χ3v) is 6.30. The Morgan fingerprint density at radius 1 is 1.33 bits per heavy atom. The number of anilines is 2. The van der Waals surface area contributed by atoms with E-state index in [0.29, 0.717) is 18.2 Å². The van der Waals surface area contributed by atoms with Gasteiger partial charge in [0.1, 0.15) is 22.8 Å². The predicted octanol–water partition coefficient (Wildman–Crippen LogP) is 3.91. The molecule has 3 aromatic rings. The molecule has 5 nitrogen and oxygen atoms in total. The first-order valence-electron chi connectivity index (χ1n) is 8.94. The number of aliphatic hydroxyl groups is 1. The Labute approximate surface area is 165 Å². The van der Waals surface area contributed by atoms with Gasteiger partial charge in [0.2, 0.25) is 0 Å². The van der Waals surface area contributed by atoms with E-state index < -0.39 is 5.82 Å². The lowest BCUT2D eigenvalue weighted by molar-refractivity contribution is 0.285. The summed E-state index contributed by atoms with van der Waals surface area (Å²) >= 11 is 7.61. The summed E-state index contributed by atoms with van der Waals surface area (Å²) in [5.41, 5.74) is 2.01. The lowest BCUT2D eigenvalue weighted by Gasteiger charge is -2.22. The zero-order valence-electron chi connectivity index (χ0n) is 14.6. The van der Waals surface area contributed by atoms with E-state index in [1.54, 1.807) is 29.8 Å². The summed E-state index contributed by atoms with van der Waals surface area (Å²) in [4.78, 5) is 11.2. The van der Waals surface area contributed by atoms with Crippen LogP contribution in [0.3, 0.4) is 0 Å². The molecule has 0 amide bonds. The fourth-order valence-electron chi connectivity index (χ4n) is 3.54. The van der Waals surface area contributed by atoms with E-state index in [-0.39, 0.29) is 11.6 Å². The fraction of sp³-hybridized carbons (Fsp3) is 0.368. The number of aryl methyl sites for hydroxylation is 1. The van der Waals surface area contributed by atoms with Crippen LogP contribution in [-0.2, 0) is 12.8 Å². The maximum atomic E-state index is 13.4. The molecule has 0 saturated carbocycles. The molecule has 0 fully saturated rings. The van der Waals surface area contributed by atoms with Crippen LogP contribution in [0.2, 0.25) is 5.02 Å². The lowest BCUT2D eigenvalue weighted by atomic mass is 9.87. The summed E-state index contributed by atoms with van der Waals surface area (Å²) < 4.78 is 13.4. The Hall–Kier alpha value is -1.80. The maximum Gasteiger partial charge on any atom is 0.142 e. The van der Waals surface area contributed by atoms with E-state index in [0.717, 1.165) is 41.8 Å². The molecule has 8 heteroatoms. The molecule has 1 atom stereocenters. The second-order valence-electron chi connectivity index (χ2n) is 6.70. The van der Waals surface area contributed by atoms with Crippen molar-refractivity contribution in [1.82, 2.24) is 15.3 Å². The molecule has 142 valence electrons. The third-order valence-electron chi connectivity index (χ3n) is 4.85. The first-order chi connectivity index (χ1) is 13.2. The van der Waals surface area contributed by atoms with Gasteiger partial charge in [-0.25, -0.2) is 14.4 Å². The van der Waals surface area contributed by atoms with E-state index in [9.17, 15) is 4.39 Å². The first-order valence-corrected chi connectivity index (χ1v) is 10.1. The van der Waals surface area contributed by atoms with Crippen molar-refractivity contribution in [3.05, 3.63) is 45.8 Å². The van der Waals surface area contributed by atoms with Crippen molar-refractivity contribution in [2.75, 3.05) is 25.0 Å². The van der Waals surface area contributed by atoms with Crippen LogP contribution in [0.15, 0.2) is 24.5 Å². The Bertz CT molecular complexity index is 964. The largest absolute Gasteiger partial charge is 0.395 e. The average molecular weight is 407 g/mol. The molecule has 3 N–H and O–H groups in total. The molecule has 1 aliphatic carbocycles. The second kappa shape index (κ2) is 8.06. The van der Waals surface area contributed by atoms with Gasteiger partial charge in [0.05, 0.1) is 17.0 Å². The van der Waals surface area contributed by atoms with Crippen LogP contribution in [0.5, 0.6) is 0 Å². The molecule has 0 spiro atoms. The number of hydrogen-bond acceptors (Lipinski definition) is 6. The molecule has 0 aliphatic heterocycles. The van der Waals surface area contributed by atoms with Gasteiger partial charge in [-0.2, -0.15) is 0 Å². The average Bonchev–Trinajstić information content (AvgIpc) is 3.04. The number of aromatic nitrogens is 2. The van der Waals surface area contributed by atoms with Gasteiger partial charge >= 0.3 is 0 Å². The van der Waals surface area contributed by atoms with E-state index >= 15 is 0 Å². The summed E-state index contributed by atoms with van der Waals surface area (Å²) in [6, 6.07) is 4.56. The molecule has 0 saturated heterocycles. The Balaban J connectivity index is 1.61. The minimum atomic E-state index is -0.441. The number of fused-ring (bicyclic) bond motifs is 3. The minimum Gasteiger partial charge on any atom is -0.395 e. The normalized spacial score (nSPS) is 16.5. The van der Waals surface area contributed by atoms with Crippen molar-refractivity contribution in [3.8, 4) is 0 Å². The highest BCUT2D eigenvalue weighted by atomic mass is 35.5. The van der Waals surface area contributed by atoms with Gasteiger partial charge in [-0.15, -0.1) is 11.3 Å². The van der Waals surface area contributed by atoms with Crippen molar-refractivity contribution in [2.45, 2.75) is 19.3 Å². The van der Waals surface area contributed by atoms with Crippen molar-refractivity contribution < 1.29 is 9.50 Å². The van der Waals surface area contributed by atoms with Crippen LogP contribution in [0.25, 0.3) is 10.2 Å². The van der Waals surface area contributed by atoms with Crippen LogP contribution in [0.1, 0.15) is 16.9 Å². The summed E-state index contributed by atoms with van der Waals surface area (Å²) in [7, 11) is 0. The van der Waals surface area contributed by atoms with Crippen molar-refractivity contribution in [2.24, 2.45) is 5.92 Å². The summed E-state index contributed by atoms with van der Waals surface area (Å²) in [5.74, 6) is 0.859. The predicted molar refractivity (Wildman–Crippen MR) is 108 cm³/mol. The SMILES string of the molecule is OCCNCC1CCc2c(sc3ncnc(Nc4ccc(F)c(Cl)c4)c23)C1. The standard InChI is InChI=1S/C19H20ClFN4OS/c20-14-8-12(2-4-15(14)21)25-18-17-13-3-1-11(9-22-5-6-26)7-16(13)27-19(17)24-10-23-18/h2,4,8,10-11,22,26H,1,3,5-7,9H2,(H,23,24,25). The van der Waals surface area contributed by atoms with Gasteiger partial charge < -0.3 is 15.7 Å². The number of hydrogen-bond donors (Lipinski definition) is 3. The fourth-order valence-corrected chi connectivity index (χ4v) is 5.03. The number of benzene rings is 1. The molecule has 1 aromatic carbocycles. The van der Waals surface area contributed by atoms with Crippen LogP contribution < -0.4 is 10.6 Å². The van der Waals surface area contributed by atoms with E-state index in [1.807, 2.05) is 0 Å². The zero-order chi connectivity index (χ0) is 18.8. The maximum absolute atomic E-state index is 13.4. The minimum absolute atomic E-state index is 0.0795. The number of thiophene rings is 1. The Morgan fingerprint density at radius 2 is 2.22 bits per heavy atom. The highest BCUT2D eigenvalue weighted by Gasteiger charge is 2.25. The molecule has 1 aliphatic rings. The van der Waals surface area contributed by atoms with E-state index in [1.165, 1.54) is 16.5 Å². The van der Waals surface area contributed by atoms with E-state index in [4.69, 9.17) is 16.7 Å². The molecule has 0 radical (unpaired) electrons. The number of rotatable bonds is 6. The van der Waals surface area contributed by atoms with Crippen LogP contribution in [0.4, 0.5) is 15.9 Å². The van der Waals surface area contributed by atoms with Crippen molar-refractivity contribution >= 4 is 44.7 Å². The van der Waals surface area contributed by atoms with Gasteiger partial charge in [-0.3, -0.25) is 0 Å². The zero-order valence-corrected chi connectivity index (χ0v) is 16.2. The van der Waals surface area contributed by atoms with Crippen LogP contribution in [0, 0.1) is 11.7 Å². The number of aliphatic hydroxyl groups excluding tert-OH is 1. The molecular formula is C19H20ClFN4OS. The third kappa shape index (κ3) is 3.91. The highest BCUT2D eigenvalue weighted by Crippen LogP contribution is 2.40. The molecule has 4 rings (SSSR count). The van der Waals surface area contributed by atoms with Crippen LogP contribution >= 0.6 is 22.9 Å². The van der Waals surface area contributed by atoms with Crippen LogP contribution in [-0.4, -0.2) is 34.8 Å². The molecule has 2 aromatic heterocycles. The van der Waals surface area contributed by atoms with Gasteiger partial charge in [-0.05, 0) is 55.5 Å². The molecule has 0 bridgehead atoms. The van der Waals surface area contributed by atoms with Gasteiger partial charge in [0.25, 0.3) is 0 Å². The second-order valence-corrected chi connectivity index (χ2v) is 8.19. The topological polar surface area (TPSA) is 70.1 Å². The summed E-state index contributed by atoms with van der Waals surface area (Å²) in [6.45, 7) is 1.72. The van der Waals surface area contributed by atoms with Gasteiger partial charge in [-0.1, -0.05) is 11.6 Å². The molecule has 2 heterocycles. The van der Waals surface area contributed by atoms with Crippen molar-refractivity contribution in [1.29, 1.82) is 0 Å². The molecule has 1 unspecified atom stereocenters. The Morgan fingerprint density at radius 3 is 3.04 bits per heavy atom. The monoisotopic (exact) mass is 406 g/mol. The summed E-state index contributed by atoms with van der Waals surface area (Å²) in [6.07, 6.45) is 4.63. The number of nitrogens with one attached hydrogen (secondary N) is 2. The highest BCUT2D eigenvalue weighted by molar-refractivity contribution is 7.19. The molecular weight excluding hydrogens is 387 g/mol. The first kappa shape index (κ1) is 18.6. The quantitative estimate of drug-likeness (QED) is 0.541. The van der Waals surface area contributed by atoms with Gasteiger partial charge in [0, 0.05) is 17.1 Å². The lowest BCUT2D eigenvalue weighted by Crippen LogP contribution is -2.28. The number of halogens is 2. The smallest absolute Gasteiger partial charge is 0.142 e. The van der Waals surface area contributed by atoms with Gasteiger partial charge in [0.15, 0.2) is 0 Å².